The van der Waals surface area contributed by atoms with Crippen LogP contribution in [-0.2, 0) is 9.47 Å². The van der Waals surface area contributed by atoms with E-state index < -0.39 is 0 Å². The first-order valence-corrected chi connectivity index (χ1v) is 9.23. The molecule has 1 aromatic heterocycles. The number of hydrogen-bond acceptors (Lipinski definition) is 6. The third kappa shape index (κ3) is 3.54. The fraction of sp³-hybridized carbons (Fsp3) is 0.647. The number of rotatable bonds is 5. The van der Waals surface area contributed by atoms with Crippen molar-refractivity contribution < 1.29 is 14.3 Å². The van der Waals surface area contributed by atoms with Gasteiger partial charge in [-0.15, -0.1) is 0 Å². The van der Waals surface area contributed by atoms with Gasteiger partial charge in [0.15, 0.2) is 0 Å². The highest BCUT2D eigenvalue weighted by molar-refractivity contribution is 6.32. The molecule has 1 aromatic rings. The Hall–Kier alpha value is -1.57. The lowest BCUT2D eigenvalue weighted by molar-refractivity contribution is 0.0363. The van der Waals surface area contributed by atoms with E-state index in [1.54, 1.807) is 6.20 Å². The molecule has 8 heteroatoms. The number of pyridine rings is 1. The average Bonchev–Trinajstić information content (AvgIpc) is 3.14. The van der Waals surface area contributed by atoms with Crippen molar-refractivity contribution in [1.29, 1.82) is 0 Å². The first-order valence-electron chi connectivity index (χ1n) is 8.85. The van der Waals surface area contributed by atoms with Crippen LogP contribution in [0.1, 0.15) is 6.42 Å². The Kier molecular flexibility index (Phi) is 4.96. The van der Waals surface area contributed by atoms with Gasteiger partial charge in [-0.3, -0.25) is 9.80 Å². The maximum Gasteiger partial charge on any atom is 0.410 e. The number of carbonyl (C=O) groups excluding carboxylic acids is 1. The SMILES string of the molecule is O=C1O[C@@H]2CN(c3ncccc3Cl)C[C@@H]2N1CCCN1CCOCC1. The molecule has 25 heavy (non-hydrogen) atoms. The maximum absolute atomic E-state index is 12.2. The second-order valence-electron chi connectivity index (χ2n) is 6.70. The third-order valence-electron chi connectivity index (χ3n) is 5.14. The predicted octanol–water partition coefficient (Wildman–Crippen LogP) is 1.47. The molecule has 0 bridgehead atoms. The molecule has 7 nitrogen and oxygen atoms in total. The minimum atomic E-state index is -0.191. The summed E-state index contributed by atoms with van der Waals surface area (Å²) in [6.45, 7) is 6.62. The summed E-state index contributed by atoms with van der Waals surface area (Å²) in [4.78, 5) is 22.9. The number of nitrogens with zero attached hydrogens (tertiary/aromatic N) is 4. The lowest BCUT2D eigenvalue weighted by atomic mass is 10.2. The van der Waals surface area contributed by atoms with Crippen molar-refractivity contribution in [3.63, 3.8) is 0 Å². The summed E-state index contributed by atoms with van der Waals surface area (Å²) in [5.74, 6) is 0.767. The Morgan fingerprint density at radius 2 is 2.08 bits per heavy atom. The van der Waals surface area contributed by atoms with Crippen LogP contribution in [0.2, 0.25) is 5.02 Å². The molecule has 0 N–H and O–H groups in total. The number of morpholine rings is 1. The van der Waals surface area contributed by atoms with Crippen molar-refractivity contribution in [3.8, 4) is 0 Å². The third-order valence-corrected chi connectivity index (χ3v) is 5.43. The summed E-state index contributed by atoms with van der Waals surface area (Å²) in [5.41, 5.74) is 0. The Balaban J connectivity index is 1.34. The quantitative estimate of drug-likeness (QED) is 0.786. The second kappa shape index (κ2) is 7.35. The van der Waals surface area contributed by atoms with Crippen LogP contribution in [0.4, 0.5) is 10.6 Å². The van der Waals surface area contributed by atoms with E-state index >= 15 is 0 Å². The van der Waals surface area contributed by atoms with E-state index in [0.717, 1.165) is 51.6 Å². The topological polar surface area (TPSA) is 58.1 Å². The van der Waals surface area contributed by atoms with Crippen LogP contribution >= 0.6 is 11.6 Å². The van der Waals surface area contributed by atoms with E-state index in [0.29, 0.717) is 18.1 Å². The summed E-state index contributed by atoms with van der Waals surface area (Å²) in [6.07, 6.45) is 2.39. The van der Waals surface area contributed by atoms with Crippen molar-refractivity contribution >= 4 is 23.5 Å². The van der Waals surface area contributed by atoms with E-state index in [2.05, 4.69) is 14.8 Å². The number of halogens is 1. The predicted molar refractivity (Wildman–Crippen MR) is 94.1 cm³/mol. The monoisotopic (exact) mass is 366 g/mol. The molecule has 0 aromatic carbocycles. The van der Waals surface area contributed by atoms with Crippen LogP contribution in [-0.4, -0.2) is 85.5 Å². The smallest absolute Gasteiger partial charge is 0.410 e. The van der Waals surface area contributed by atoms with Crippen molar-refractivity contribution in [3.05, 3.63) is 23.4 Å². The van der Waals surface area contributed by atoms with E-state index in [4.69, 9.17) is 21.1 Å². The van der Waals surface area contributed by atoms with Crippen LogP contribution < -0.4 is 4.90 Å². The number of ether oxygens (including phenoxy) is 2. The first kappa shape index (κ1) is 16.9. The fourth-order valence-electron chi connectivity index (χ4n) is 3.83. The standard InChI is InChI=1S/C17H23ClN4O3/c18-13-3-1-4-19-16(13)21-11-14-15(12-21)25-17(23)22(14)6-2-5-20-7-9-24-10-8-20/h1,3-4,14-15H,2,5-12H2/t14-,15+/m0/s1. The number of hydrogen-bond donors (Lipinski definition) is 0. The van der Waals surface area contributed by atoms with Crippen molar-refractivity contribution in [2.45, 2.75) is 18.6 Å². The number of aromatic nitrogens is 1. The molecule has 0 unspecified atom stereocenters. The zero-order valence-electron chi connectivity index (χ0n) is 14.1. The van der Waals surface area contributed by atoms with Gasteiger partial charge in [0.05, 0.1) is 30.8 Å². The second-order valence-corrected chi connectivity index (χ2v) is 7.11. The molecule has 1 amide bonds. The van der Waals surface area contributed by atoms with Gasteiger partial charge < -0.3 is 14.4 Å². The summed E-state index contributed by atoms with van der Waals surface area (Å²) in [6, 6.07) is 3.74. The van der Waals surface area contributed by atoms with Crippen LogP contribution in [0.15, 0.2) is 18.3 Å². The van der Waals surface area contributed by atoms with E-state index in [1.165, 1.54) is 0 Å². The largest absolute Gasteiger partial charge is 0.442 e. The van der Waals surface area contributed by atoms with Crippen molar-refractivity contribution in [2.75, 3.05) is 57.4 Å². The van der Waals surface area contributed by atoms with Gasteiger partial charge in [0.25, 0.3) is 0 Å². The lowest BCUT2D eigenvalue weighted by Crippen LogP contribution is -2.41. The zero-order valence-corrected chi connectivity index (χ0v) is 14.9. The highest BCUT2D eigenvalue weighted by Gasteiger charge is 2.47. The normalized spacial score (nSPS) is 26.8. The van der Waals surface area contributed by atoms with Gasteiger partial charge in [-0.1, -0.05) is 11.6 Å². The summed E-state index contributed by atoms with van der Waals surface area (Å²) in [5, 5.41) is 0.632. The molecule has 0 radical (unpaired) electrons. The average molecular weight is 367 g/mol. The fourth-order valence-corrected chi connectivity index (χ4v) is 4.08. The molecule has 136 valence electrons. The van der Waals surface area contributed by atoms with Crippen LogP contribution in [0.5, 0.6) is 0 Å². The van der Waals surface area contributed by atoms with Crippen molar-refractivity contribution in [1.82, 2.24) is 14.8 Å². The van der Waals surface area contributed by atoms with E-state index in [9.17, 15) is 4.79 Å². The van der Waals surface area contributed by atoms with Gasteiger partial charge in [0, 0.05) is 38.9 Å². The van der Waals surface area contributed by atoms with Gasteiger partial charge >= 0.3 is 6.09 Å². The van der Waals surface area contributed by atoms with E-state index in [1.807, 2.05) is 17.0 Å². The highest BCUT2D eigenvalue weighted by atomic mass is 35.5. The zero-order chi connectivity index (χ0) is 17.2. The van der Waals surface area contributed by atoms with Gasteiger partial charge in [-0.2, -0.15) is 0 Å². The molecule has 4 rings (SSSR count). The van der Waals surface area contributed by atoms with Gasteiger partial charge in [0.1, 0.15) is 11.9 Å². The minimum Gasteiger partial charge on any atom is -0.442 e. The first-order chi connectivity index (χ1) is 12.2. The Morgan fingerprint density at radius 1 is 1.24 bits per heavy atom. The van der Waals surface area contributed by atoms with Gasteiger partial charge in [-0.05, 0) is 18.6 Å². The van der Waals surface area contributed by atoms with Crippen LogP contribution in [0.25, 0.3) is 0 Å². The molecule has 3 aliphatic heterocycles. The molecular formula is C17H23ClN4O3. The molecule has 4 heterocycles. The molecule has 3 aliphatic rings. The Bertz CT molecular complexity index is 626. The number of amides is 1. The van der Waals surface area contributed by atoms with Gasteiger partial charge in [0.2, 0.25) is 0 Å². The van der Waals surface area contributed by atoms with Crippen LogP contribution in [0, 0.1) is 0 Å². The summed E-state index contributed by atoms with van der Waals surface area (Å²) < 4.78 is 10.9. The molecule has 3 saturated heterocycles. The molecule has 2 atom stereocenters. The Labute approximate surface area is 152 Å². The van der Waals surface area contributed by atoms with Crippen molar-refractivity contribution in [2.24, 2.45) is 0 Å². The molecular weight excluding hydrogens is 344 g/mol. The summed E-state index contributed by atoms with van der Waals surface area (Å²) >= 11 is 6.25. The number of anilines is 1. The molecule has 0 saturated carbocycles. The van der Waals surface area contributed by atoms with Crippen LogP contribution in [0.3, 0.4) is 0 Å². The molecule has 0 aliphatic carbocycles. The number of fused-ring (bicyclic) bond motifs is 1. The highest BCUT2D eigenvalue weighted by Crippen LogP contribution is 2.32. The summed E-state index contributed by atoms with van der Waals surface area (Å²) in [7, 11) is 0. The molecule has 3 fully saturated rings. The lowest BCUT2D eigenvalue weighted by Gasteiger charge is -2.28. The Morgan fingerprint density at radius 3 is 2.88 bits per heavy atom. The van der Waals surface area contributed by atoms with E-state index in [-0.39, 0.29) is 18.2 Å². The maximum atomic E-state index is 12.2. The minimum absolute atomic E-state index is 0.0789. The molecule has 0 spiro atoms. The van der Waals surface area contributed by atoms with Gasteiger partial charge in [-0.25, -0.2) is 9.78 Å². The number of carbonyl (C=O) groups is 1.